The maximum Gasteiger partial charge on any atom is 0.244 e. The van der Waals surface area contributed by atoms with Crippen molar-refractivity contribution in [3.8, 4) is 0 Å². The van der Waals surface area contributed by atoms with Gasteiger partial charge in [-0.15, -0.1) is 0 Å². The fraction of sp³-hybridized carbons (Fsp3) is 0.348. The van der Waals surface area contributed by atoms with Crippen molar-refractivity contribution in [1.82, 2.24) is 10.2 Å². The highest BCUT2D eigenvalue weighted by Gasteiger charge is 2.19. The molecule has 1 atom stereocenters. The van der Waals surface area contributed by atoms with Crippen LogP contribution in [0.4, 0.5) is 0 Å². The van der Waals surface area contributed by atoms with Crippen molar-refractivity contribution in [3.05, 3.63) is 76.9 Å². The lowest BCUT2D eigenvalue weighted by Gasteiger charge is -2.31. The van der Waals surface area contributed by atoms with E-state index in [4.69, 9.17) is 4.74 Å². The Morgan fingerprint density at radius 1 is 1.15 bits per heavy atom. The summed E-state index contributed by atoms with van der Waals surface area (Å²) in [6.45, 7) is 8.23. The Morgan fingerprint density at radius 3 is 2.59 bits per heavy atom. The Bertz CT molecular complexity index is 780. The molecule has 1 aliphatic rings. The van der Waals surface area contributed by atoms with Crippen LogP contribution in [0.2, 0.25) is 0 Å². The number of hydrogen-bond donors (Lipinski definition) is 1. The van der Waals surface area contributed by atoms with E-state index in [1.54, 1.807) is 6.08 Å². The second kappa shape index (κ2) is 9.49. The highest BCUT2D eigenvalue weighted by Crippen LogP contribution is 2.16. The van der Waals surface area contributed by atoms with Crippen molar-refractivity contribution < 1.29 is 9.53 Å². The molecule has 3 rings (SSSR count). The maximum absolute atomic E-state index is 12.6. The predicted molar refractivity (Wildman–Crippen MR) is 110 cm³/mol. The van der Waals surface area contributed by atoms with Crippen LogP contribution in [0.3, 0.4) is 0 Å². The maximum atomic E-state index is 12.6. The second-order valence-electron chi connectivity index (χ2n) is 7.08. The van der Waals surface area contributed by atoms with Crippen molar-refractivity contribution in [3.63, 3.8) is 0 Å². The monoisotopic (exact) mass is 364 g/mol. The molecular weight excluding hydrogens is 336 g/mol. The number of rotatable bonds is 6. The number of carbonyl (C=O) groups is 1. The minimum Gasteiger partial charge on any atom is -0.379 e. The number of nitrogens with zero attached hydrogens (tertiary/aromatic N) is 1. The Kier molecular flexibility index (Phi) is 6.80. The zero-order valence-electron chi connectivity index (χ0n) is 16.2. The zero-order chi connectivity index (χ0) is 19.1. The quantitative estimate of drug-likeness (QED) is 0.798. The second-order valence-corrected chi connectivity index (χ2v) is 7.08. The average molecular weight is 364 g/mol. The summed E-state index contributed by atoms with van der Waals surface area (Å²) in [5, 5.41) is 3.17. The first-order valence-electron chi connectivity index (χ1n) is 9.53. The highest BCUT2D eigenvalue weighted by atomic mass is 16.5. The minimum atomic E-state index is -0.0721. The smallest absolute Gasteiger partial charge is 0.244 e. The number of carbonyl (C=O) groups excluding carboxylic acids is 1. The van der Waals surface area contributed by atoms with Gasteiger partial charge < -0.3 is 10.1 Å². The van der Waals surface area contributed by atoms with Gasteiger partial charge in [0.15, 0.2) is 0 Å². The Balaban J connectivity index is 1.68. The summed E-state index contributed by atoms with van der Waals surface area (Å²) in [5.74, 6) is -0.0721. The number of hydrogen-bond acceptors (Lipinski definition) is 3. The molecule has 4 nitrogen and oxygen atoms in total. The van der Waals surface area contributed by atoms with Crippen LogP contribution in [0, 0.1) is 13.8 Å². The van der Waals surface area contributed by atoms with Crippen LogP contribution in [0.15, 0.2) is 54.6 Å². The molecule has 1 amide bonds. The summed E-state index contributed by atoms with van der Waals surface area (Å²) in [7, 11) is 0. The molecule has 4 heteroatoms. The van der Waals surface area contributed by atoms with Gasteiger partial charge >= 0.3 is 0 Å². The van der Waals surface area contributed by atoms with E-state index < -0.39 is 0 Å². The van der Waals surface area contributed by atoms with Gasteiger partial charge in [0.1, 0.15) is 0 Å². The summed E-state index contributed by atoms with van der Waals surface area (Å²) in [6, 6.07) is 16.4. The largest absolute Gasteiger partial charge is 0.379 e. The first kappa shape index (κ1) is 19.3. The summed E-state index contributed by atoms with van der Waals surface area (Å²) >= 11 is 0. The predicted octanol–water partition coefficient (Wildman–Crippen LogP) is 3.51. The first-order chi connectivity index (χ1) is 13.1. The molecule has 142 valence electrons. The van der Waals surface area contributed by atoms with Gasteiger partial charge in [-0.25, -0.2) is 0 Å². The van der Waals surface area contributed by atoms with Crippen LogP contribution in [0.1, 0.15) is 28.3 Å². The lowest BCUT2D eigenvalue weighted by molar-refractivity contribution is -0.117. The molecule has 2 aromatic rings. The van der Waals surface area contributed by atoms with Crippen LogP contribution in [0.25, 0.3) is 6.08 Å². The third-order valence-electron chi connectivity index (χ3n) is 4.90. The summed E-state index contributed by atoms with van der Waals surface area (Å²) < 4.78 is 5.44. The number of morpholine rings is 1. The normalized spacial score (nSPS) is 16.4. The average Bonchev–Trinajstić information content (AvgIpc) is 2.68. The fourth-order valence-electron chi connectivity index (χ4n) is 3.36. The van der Waals surface area contributed by atoms with E-state index in [-0.39, 0.29) is 11.9 Å². The number of aryl methyl sites for hydroxylation is 2. The van der Waals surface area contributed by atoms with E-state index >= 15 is 0 Å². The van der Waals surface area contributed by atoms with Gasteiger partial charge in [0.2, 0.25) is 5.91 Å². The van der Waals surface area contributed by atoms with Crippen LogP contribution >= 0.6 is 0 Å². The highest BCUT2D eigenvalue weighted by molar-refractivity contribution is 5.92. The molecule has 2 aromatic carbocycles. The Labute approximate surface area is 161 Å². The van der Waals surface area contributed by atoms with Gasteiger partial charge in [-0.2, -0.15) is 0 Å². The van der Waals surface area contributed by atoms with Gasteiger partial charge in [0, 0.05) is 25.7 Å². The van der Waals surface area contributed by atoms with Gasteiger partial charge in [-0.3, -0.25) is 9.69 Å². The van der Waals surface area contributed by atoms with Crippen LogP contribution in [-0.4, -0.2) is 43.7 Å². The van der Waals surface area contributed by atoms with E-state index in [1.807, 2.05) is 24.3 Å². The van der Waals surface area contributed by atoms with Crippen molar-refractivity contribution in [1.29, 1.82) is 0 Å². The fourth-order valence-corrected chi connectivity index (χ4v) is 3.36. The van der Waals surface area contributed by atoms with Gasteiger partial charge in [0.05, 0.1) is 19.3 Å². The van der Waals surface area contributed by atoms with Crippen molar-refractivity contribution >= 4 is 12.0 Å². The number of nitrogens with one attached hydrogen (secondary N) is 1. The summed E-state index contributed by atoms with van der Waals surface area (Å²) in [4.78, 5) is 14.9. The molecule has 0 aromatic heterocycles. The molecule has 0 spiro atoms. The summed E-state index contributed by atoms with van der Waals surface area (Å²) in [5.41, 5.74) is 4.59. The van der Waals surface area contributed by atoms with Crippen molar-refractivity contribution in [2.24, 2.45) is 0 Å². The molecule has 0 saturated carbocycles. The standard InChI is InChI=1S/C23H28N2O2/c1-18-8-9-20(19(2)16-18)10-11-23(26)24-22(21-6-4-3-5-7-21)17-25-12-14-27-15-13-25/h3-11,16,22H,12-15,17H2,1-2H3,(H,24,26). The van der Waals surface area contributed by atoms with E-state index in [1.165, 1.54) is 11.1 Å². The summed E-state index contributed by atoms with van der Waals surface area (Å²) in [6.07, 6.45) is 3.52. The lowest BCUT2D eigenvalue weighted by atomic mass is 10.0. The minimum absolute atomic E-state index is 0.0411. The molecule has 1 N–H and O–H groups in total. The van der Waals surface area contributed by atoms with E-state index in [0.717, 1.165) is 44.0 Å². The van der Waals surface area contributed by atoms with E-state index in [9.17, 15) is 4.79 Å². The van der Waals surface area contributed by atoms with Crippen LogP contribution in [-0.2, 0) is 9.53 Å². The van der Waals surface area contributed by atoms with Crippen LogP contribution in [0.5, 0.6) is 0 Å². The third kappa shape index (κ3) is 5.78. The van der Waals surface area contributed by atoms with Crippen molar-refractivity contribution in [2.45, 2.75) is 19.9 Å². The lowest BCUT2D eigenvalue weighted by Crippen LogP contribution is -2.42. The molecule has 0 aliphatic carbocycles. The van der Waals surface area contributed by atoms with Crippen molar-refractivity contribution in [2.75, 3.05) is 32.8 Å². The molecule has 0 bridgehead atoms. The number of ether oxygens (including phenoxy) is 1. The van der Waals surface area contributed by atoms with Crippen LogP contribution < -0.4 is 5.32 Å². The van der Waals surface area contributed by atoms with Gasteiger partial charge in [-0.1, -0.05) is 54.1 Å². The molecule has 27 heavy (non-hydrogen) atoms. The molecule has 1 aliphatic heterocycles. The SMILES string of the molecule is Cc1ccc(C=CC(=O)NC(CN2CCOCC2)c2ccccc2)c(C)c1. The number of benzene rings is 2. The molecule has 0 radical (unpaired) electrons. The first-order valence-corrected chi connectivity index (χ1v) is 9.53. The number of amides is 1. The zero-order valence-corrected chi connectivity index (χ0v) is 16.2. The Hall–Kier alpha value is -2.43. The molecule has 1 saturated heterocycles. The van der Waals surface area contributed by atoms with Gasteiger partial charge in [-0.05, 0) is 36.6 Å². The molecule has 1 fully saturated rings. The van der Waals surface area contributed by atoms with E-state index in [0.29, 0.717) is 0 Å². The molecule has 1 heterocycles. The third-order valence-corrected chi connectivity index (χ3v) is 4.90. The van der Waals surface area contributed by atoms with E-state index in [2.05, 4.69) is 54.4 Å². The Morgan fingerprint density at radius 2 is 1.89 bits per heavy atom. The van der Waals surface area contributed by atoms with Gasteiger partial charge in [0.25, 0.3) is 0 Å². The molecule has 1 unspecified atom stereocenters. The topological polar surface area (TPSA) is 41.6 Å². The molecular formula is C23H28N2O2.